The number of hydrogen-bond donors (Lipinski definition) is 2. The molecule has 2 aromatic carbocycles. The lowest BCUT2D eigenvalue weighted by molar-refractivity contribution is -0.141. The highest BCUT2D eigenvalue weighted by Crippen LogP contribution is 2.26. The summed E-state index contributed by atoms with van der Waals surface area (Å²) in [6.07, 6.45) is -0.211. The standard InChI is InChI=1S/C15H20O5.C14H18O5/c1-10-11(7-14(16)17)5-4-6-13(10)18-8-12-9-19-15(2,3)20-12;1-14(2)18-9-12(19-14)8-17-11-5-3-4-10(6-11)7-13(15)16/h4-6,12H,7-9H2,1-3H3,(H,16,17);3-6,12H,7-9H2,1-2H3,(H,15,16)/t2*12-/m11/s1. The smallest absolute Gasteiger partial charge is 0.307 e. The van der Waals surface area contributed by atoms with Gasteiger partial charge in [-0.3, -0.25) is 9.59 Å². The number of carboxylic acid groups (broad SMARTS) is 2. The van der Waals surface area contributed by atoms with Crippen LogP contribution in [0.1, 0.15) is 44.4 Å². The molecule has 2 atom stereocenters. The Morgan fingerprint density at radius 3 is 1.95 bits per heavy atom. The van der Waals surface area contributed by atoms with Gasteiger partial charge in [0, 0.05) is 0 Å². The van der Waals surface area contributed by atoms with Crippen molar-refractivity contribution in [2.45, 2.75) is 71.2 Å². The second-order valence-electron chi connectivity index (χ2n) is 10.4. The lowest BCUT2D eigenvalue weighted by Gasteiger charge is -2.18. The Balaban J connectivity index is 0.000000216. The van der Waals surface area contributed by atoms with Crippen molar-refractivity contribution in [2.24, 2.45) is 0 Å². The van der Waals surface area contributed by atoms with Gasteiger partial charge in [-0.1, -0.05) is 24.3 Å². The van der Waals surface area contributed by atoms with Crippen LogP contribution in [0.3, 0.4) is 0 Å². The van der Waals surface area contributed by atoms with Gasteiger partial charge in [0.15, 0.2) is 11.6 Å². The summed E-state index contributed by atoms with van der Waals surface area (Å²) in [6.45, 7) is 11.1. The minimum Gasteiger partial charge on any atom is -0.491 e. The van der Waals surface area contributed by atoms with Gasteiger partial charge in [-0.2, -0.15) is 0 Å². The maximum atomic E-state index is 10.8. The minimum atomic E-state index is -0.855. The molecular weight excluding hydrogens is 508 g/mol. The van der Waals surface area contributed by atoms with E-state index in [4.69, 9.17) is 38.6 Å². The summed E-state index contributed by atoms with van der Waals surface area (Å²) in [7, 11) is 0. The van der Waals surface area contributed by atoms with Crippen LogP contribution in [0.25, 0.3) is 0 Å². The van der Waals surface area contributed by atoms with Gasteiger partial charge in [0.1, 0.15) is 36.9 Å². The minimum absolute atomic E-state index is 0.000889. The van der Waals surface area contributed by atoms with Gasteiger partial charge in [0.2, 0.25) is 0 Å². The molecule has 2 aromatic rings. The number of ether oxygens (including phenoxy) is 6. The third-order valence-electron chi connectivity index (χ3n) is 5.99. The fraction of sp³-hybridized carbons (Fsp3) is 0.517. The molecule has 0 unspecified atom stereocenters. The molecule has 0 aromatic heterocycles. The maximum Gasteiger partial charge on any atom is 0.307 e. The zero-order valence-corrected chi connectivity index (χ0v) is 23.1. The summed E-state index contributed by atoms with van der Waals surface area (Å²) in [4.78, 5) is 21.4. The zero-order valence-electron chi connectivity index (χ0n) is 23.1. The monoisotopic (exact) mass is 546 g/mol. The molecule has 2 heterocycles. The number of benzene rings is 2. The van der Waals surface area contributed by atoms with Crippen LogP contribution in [0.15, 0.2) is 42.5 Å². The molecule has 4 rings (SSSR count). The summed E-state index contributed by atoms with van der Waals surface area (Å²) in [5, 5.41) is 17.6. The third-order valence-corrected chi connectivity index (χ3v) is 5.99. The van der Waals surface area contributed by atoms with E-state index in [1.807, 2.05) is 40.7 Å². The molecule has 2 aliphatic heterocycles. The van der Waals surface area contributed by atoms with E-state index in [1.165, 1.54) is 0 Å². The molecule has 2 aliphatic rings. The molecule has 214 valence electrons. The molecule has 2 fully saturated rings. The van der Waals surface area contributed by atoms with Gasteiger partial charge < -0.3 is 38.6 Å². The first-order valence-electron chi connectivity index (χ1n) is 12.8. The molecule has 0 spiro atoms. The van der Waals surface area contributed by atoms with E-state index in [0.717, 1.165) is 11.1 Å². The van der Waals surface area contributed by atoms with Crippen LogP contribution >= 0.6 is 0 Å². The highest BCUT2D eigenvalue weighted by atomic mass is 16.8. The van der Waals surface area contributed by atoms with Crippen molar-refractivity contribution >= 4 is 11.9 Å². The van der Waals surface area contributed by atoms with Crippen molar-refractivity contribution in [1.82, 2.24) is 0 Å². The Bertz CT molecular complexity index is 1130. The van der Waals surface area contributed by atoms with Gasteiger partial charge in [-0.15, -0.1) is 0 Å². The van der Waals surface area contributed by atoms with Crippen molar-refractivity contribution in [3.05, 3.63) is 59.2 Å². The Morgan fingerprint density at radius 1 is 0.846 bits per heavy atom. The highest BCUT2D eigenvalue weighted by molar-refractivity contribution is 5.71. The number of hydrogen-bond acceptors (Lipinski definition) is 8. The van der Waals surface area contributed by atoms with Crippen LogP contribution in [0.5, 0.6) is 11.5 Å². The highest BCUT2D eigenvalue weighted by Gasteiger charge is 2.34. The number of carboxylic acids is 2. The van der Waals surface area contributed by atoms with Crippen molar-refractivity contribution in [1.29, 1.82) is 0 Å². The Morgan fingerprint density at radius 2 is 1.41 bits per heavy atom. The van der Waals surface area contributed by atoms with Crippen molar-refractivity contribution < 1.29 is 48.2 Å². The average Bonchev–Trinajstić information content (AvgIpc) is 3.38. The third kappa shape index (κ3) is 10.1. The SMILES string of the molecule is CC1(C)OC[C@@H](COc2cccc(CC(=O)O)c2)O1.Cc1c(CC(=O)O)cccc1OC[C@@H]1COC(C)(C)O1. The summed E-state index contributed by atoms with van der Waals surface area (Å²) < 4.78 is 33.5. The van der Waals surface area contributed by atoms with Crippen LogP contribution in [0.2, 0.25) is 0 Å². The topological polar surface area (TPSA) is 130 Å². The fourth-order valence-electron chi connectivity index (χ4n) is 4.15. The Hall–Kier alpha value is -3.18. The summed E-state index contributed by atoms with van der Waals surface area (Å²) >= 11 is 0. The van der Waals surface area contributed by atoms with Crippen LogP contribution in [0, 0.1) is 6.92 Å². The fourth-order valence-corrected chi connectivity index (χ4v) is 4.15. The maximum absolute atomic E-state index is 10.8. The van der Waals surface area contributed by atoms with E-state index in [2.05, 4.69) is 0 Å². The molecule has 2 saturated heterocycles. The quantitative estimate of drug-likeness (QED) is 0.451. The molecular formula is C29H38O10. The number of aliphatic carboxylic acids is 2. The molecule has 10 nitrogen and oxygen atoms in total. The number of carbonyl (C=O) groups is 2. The zero-order chi connectivity index (χ0) is 28.6. The predicted molar refractivity (Wildman–Crippen MR) is 141 cm³/mol. The normalized spacial score (nSPS) is 21.1. The lowest BCUT2D eigenvalue weighted by Crippen LogP contribution is -2.25. The summed E-state index contributed by atoms with van der Waals surface area (Å²) in [5.41, 5.74) is 2.33. The van der Waals surface area contributed by atoms with Crippen LogP contribution in [0.4, 0.5) is 0 Å². The Labute approximate surface area is 228 Å². The summed E-state index contributed by atoms with van der Waals surface area (Å²) in [5.74, 6) is -1.48. The molecule has 0 bridgehead atoms. The van der Waals surface area contributed by atoms with Gasteiger partial charge in [0.25, 0.3) is 0 Å². The van der Waals surface area contributed by atoms with E-state index in [-0.39, 0.29) is 25.0 Å². The molecule has 0 aliphatic carbocycles. The van der Waals surface area contributed by atoms with Crippen molar-refractivity contribution in [3.8, 4) is 11.5 Å². The second-order valence-corrected chi connectivity index (χ2v) is 10.4. The number of rotatable bonds is 10. The average molecular weight is 547 g/mol. The first-order chi connectivity index (χ1) is 18.3. The van der Waals surface area contributed by atoms with Crippen molar-refractivity contribution in [3.63, 3.8) is 0 Å². The van der Waals surface area contributed by atoms with Gasteiger partial charge >= 0.3 is 11.9 Å². The Kier molecular flexibility index (Phi) is 10.3. The first-order valence-corrected chi connectivity index (χ1v) is 12.8. The summed E-state index contributed by atoms with van der Waals surface area (Å²) in [6, 6.07) is 12.5. The van der Waals surface area contributed by atoms with E-state index < -0.39 is 23.5 Å². The second kappa shape index (κ2) is 13.3. The van der Waals surface area contributed by atoms with Gasteiger partial charge in [-0.05, 0) is 69.5 Å². The molecule has 0 radical (unpaired) electrons. The van der Waals surface area contributed by atoms with Gasteiger partial charge in [0.05, 0.1) is 26.1 Å². The van der Waals surface area contributed by atoms with Crippen LogP contribution in [-0.4, -0.2) is 72.4 Å². The molecule has 39 heavy (non-hydrogen) atoms. The van der Waals surface area contributed by atoms with E-state index in [0.29, 0.717) is 43.5 Å². The van der Waals surface area contributed by atoms with Gasteiger partial charge in [-0.25, -0.2) is 0 Å². The van der Waals surface area contributed by atoms with E-state index in [9.17, 15) is 9.59 Å². The van der Waals surface area contributed by atoms with Crippen molar-refractivity contribution in [2.75, 3.05) is 26.4 Å². The molecule has 2 N–H and O–H groups in total. The molecule has 0 saturated carbocycles. The van der Waals surface area contributed by atoms with E-state index in [1.54, 1.807) is 36.4 Å². The first kappa shape index (κ1) is 30.4. The predicted octanol–water partition coefficient (Wildman–Crippen LogP) is 4.00. The van der Waals surface area contributed by atoms with E-state index >= 15 is 0 Å². The largest absolute Gasteiger partial charge is 0.491 e. The molecule has 10 heteroatoms. The van der Waals surface area contributed by atoms with Crippen LogP contribution < -0.4 is 9.47 Å². The lowest BCUT2D eigenvalue weighted by atomic mass is 10.1. The van der Waals surface area contributed by atoms with Crippen LogP contribution in [-0.2, 0) is 41.4 Å². The molecule has 0 amide bonds.